The van der Waals surface area contributed by atoms with E-state index in [0.717, 1.165) is 27.3 Å². The molecule has 0 amide bonds. The van der Waals surface area contributed by atoms with Crippen LogP contribution in [0, 0.1) is 0 Å². The Labute approximate surface area is 113 Å². The standard InChI is InChI=1S/C16H10F2S/c17-16(18)9-11-5-1-2-6-12(11)14-10-19-15-8-4-3-7-13(14)15/h1-10H. The Hall–Kier alpha value is -2.00. The van der Waals surface area contributed by atoms with E-state index in [0.29, 0.717) is 5.56 Å². The molecule has 0 aliphatic heterocycles. The van der Waals surface area contributed by atoms with E-state index in [1.807, 2.05) is 41.8 Å². The molecule has 0 N–H and O–H groups in total. The second kappa shape index (κ2) is 4.94. The number of benzene rings is 2. The molecule has 0 nitrogen and oxygen atoms in total. The van der Waals surface area contributed by atoms with Gasteiger partial charge in [0.15, 0.2) is 0 Å². The van der Waals surface area contributed by atoms with Crippen LogP contribution in [0.1, 0.15) is 5.56 Å². The van der Waals surface area contributed by atoms with Gasteiger partial charge in [-0.15, -0.1) is 11.3 Å². The molecule has 0 saturated heterocycles. The predicted octanol–water partition coefficient (Wildman–Crippen LogP) is 5.81. The molecule has 19 heavy (non-hydrogen) atoms. The number of rotatable bonds is 2. The molecule has 3 heteroatoms. The van der Waals surface area contributed by atoms with Gasteiger partial charge in [0, 0.05) is 21.7 Å². The highest BCUT2D eigenvalue weighted by atomic mass is 32.1. The molecule has 0 spiro atoms. The van der Waals surface area contributed by atoms with Gasteiger partial charge in [0.2, 0.25) is 0 Å². The molecule has 3 rings (SSSR count). The summed E-state index contributed by atoms with van der Waals surface area (Å²) < 4.78 is 26.2. The number of hydrogen-bond acceptors (Lipinski definition) is 1. The highest BCUT2D eigenvalue weighted by molar-refractivity contribution is 7.17. The molecule has 0 saturated carbocycles. The molecule has 0 unspecified atom stereocenters. The summed E-state index contributed by atoms with van der Waals surface area (Å²) in [6, 6.07) is 15.2. The van der Waals surface area contributed by atoms with Crippen molar-refractivity contribution >= 4 is 27.5 Å². The molecule has 94 valence electrons. The van der Waals surface area contributed by atoms with Crippen molar-refractivity contribution in [2.24, 2.45) is 0 Å². The van der Waals surface area contributed by atoms with Gasteiger partial charge < -0.3 is 0 Å². The maximum Gasteiger partial charge on any atom is 0.270 e. The summed E-state index contributed by atoms with van der Waals surface area (Å²) in [5, 5.41) is 3.13. The molecule has 0 radical (unpaired) electrons. The van der Waals surface area contributed by atoms with E-state index in [1.54, 1.807) is 23.5 Å². The lowest BCUT2D eigenvalue weighted by molar-refractivity contribution is 0.429. The fourth-order valence-electron chi connectivity index (χ4n) is 2.17. The maximum atomic E-state index is 12.5. The van der Waals surface area contributed by atoms with E-state index in [-0.39, 0.29) is 0 Å². The molecule has 1 aromatic heterocycles. The summed E-state index contributed by atoms with van der Waals surface area (Å²) in [5.41, 5.74) is 2.40. The number of fused-ring (bicyclic) bond motifs is 1. The molecule has 1 heterocycles. The molecule has 0 aliphatic carbocycles. The van der Waals surface area contributed by atoms with Crippen LogP contribution in [0.5, 0.6) is 0 Å². The number of thiophene rings is 1. The van der Waals surface area contributed by atoms with Crippen molar-refractivity contribution in [2.45, 2.75) is 0 Å². The minimum absolute atomic E-state index is 0.547. The van der Waals surface area contributed by atoms with Gasteiger partial charge in [0.25, 0.3) is 6.08 Å². The molecular weight excluding hydrogens is 262 g/mol. The van der Waals surface area contributed by atoms with E-state index in [9.17, 15) is 8.78 Å². The van der Waals surface area contributed by atoms with Crippen LogP contribution in [0.2, 0.25) is 0 Å². The van der Waals surface area contributed by atoms with Gasteiger partial charge in [-0.2, -0.15) is 8.78 Å². The minimum Gasteiger partial charge on any atom is -0.173 e. The van der Waals surface area contributed by atoms with Crippen molar-refractivity contribution in [3.05, 3.63) is 65.6 Å². The van der Waals surface area contributed by atoms with Crippen molar-refractivity contribution in [3.63, 3.8) is 0 Å². The van der Waals surface area contributed by atoms with Crippen LogP contribution >= 0.6 is 11.3 Å². The smallest absolute Gasteiger partial charge is 0.173 e. The van der Waals surface area contributed by atoms with Gasteiger partial charge in [-0.3, -0.25) is 0 Å². The predicted molar refractivity (Wildman–Crippen MR) is 77.5 cm³/mol. The Balaban J connectivity index is 2.25. The third-order valence-corrected chi connectivity index (χ3v) is 3.96. The summed E-state index contributed by atoms with van der Waals surface area (Å²) in [7, 11) is 0. The summed E-state index contributed by atoms with van der Waals surface area (Å²) in [4.78, 5) is 0. The van der Waals surface area contributed by atoms with Gasteiger partial charge >= 0.3 is 0 Å². The lowest BCUT2D eigenvalue weighted by Crippen LogP contribution is -1.81. The van der Waals surface area contributed by atoms with Gasteiger partial charge in [0.05, 0.1) is 0 Å². The van der Waals surface area contributed by atoms with E-state index in [1.165, 1.54) is 0 Å². The van der Waals surface area contributed by atoms with Crippen molar-refractivity contribution in [1.82, 2.24) is 0 Å². The van der Waals surface area contributed by atoms with Crippen molar-refractivity contribution < 1.29 is 8.78 Å². The summed E-state index contributed by atoms with van der Waals surface area (Å²) in [6.45, 7) is 0. The topological polar surface area (TPSA) is 0 Å². The van der Waals surface area contributed by atoms with Crippen LogP contribution < -0.4 is 0 Å². The van der Waals surface area contributed by atoms with E-state index < -0.39 is 6.08 Å². The average Bonchev–Trinajstić information content (AvgIpc) is 2.82. The van der Waals surface area contributed by atoms with Gasteiger partial charge in [-0.1, -0.05) is 42.5 Å². The largest absolute Gasteiger partial charge is 0.270 e. The highest BCUT2D eigenvalue weighted by Crippen LogP contribution is 2.36. The Bertz CT molecular complexity index is 752. The van der Waals surface area contributed by atoms with Gasteiger partial charge in [-0.25, -0.2) is 0 Å². The monoisotopic (exact) mass is 272 g/mol. The second-order valence-electron chi connectivity index (χ2n) is 4.17. The summed E-state index contributed by atoms with van der Waals surface area (Å²) >= 11 is 1.63. The van der Waals surface area contributed by atoms with Crippen LogP contribution in [0.3, 0.4) is 0 Å². The van der Waals surface area contributed by atoms with E-state index in [4.69, 9.17) is 0 Å². The van der Waals surface area contributed by atoms with Crippen LogP contribution in [0.15, 0.2) is 60.0 Å². The molecule has 0 atom stereocenters. The van der Waals surface area contributed by atoms with Crippen molar-refractivity contribution in [2.75, 3.05) is 0 Å². The first-order chi connectivity index (χ1) is 9.25. The average molecular weight is 272 g/mol. The van der Waals surface area contributed by atoms with Gasteiger partial charge in [-0.05, 0) is 22.6 Å². The molecule has 0 aliphatic rings. The lowest BCUT2D eigenvalue weighted by Gasteiger charge is -2.04. The minimum atomic E-state index is -1.67. The molecule has 3 aromatic rings. The zero-order valence-electron chi connectivity index (χ0n) is 9.94. The van der Waals surface area contributed by atoms with Crippen molar-refractivity contribution in [3.8, 4) is 11.1 Å². The zero-order chi connectivity index (χ0) is 13.2. The molecular formula is C16H10F2S. The normalized spacial score (nSPS) is 10.6. The Morgan fingerprint density at radius 1 is 0.895 bits per heavy atom. The van der Waals surface area contributed by atoms with Crippen LogP contribution in [-0.2, 0) is 0 Å². The Morgan fingerprint density at radius 2 is 1.63 bits per heavy atom. The fourth-order valence-corrected chi connectivity index (χ4v) is 3.13. The molecule has 2 aromatic carbocycles. The SMILES string of the molecule is FC(F)=Cc1ccccc1-c1csc2ccccc12. The Kier molecular flexibility index (Phi) is 3.13. The first kappa shape index (κ1) is 12.1. The van der Waals surface area contributed by atoms with Crippen LogP contribution in [-0.4, -0.2) is 0 Å². The maximum absolute atomic E-state index is 12.5. The second-order valence-corrected chi connectivity index (χ2v) is 5.08. The van der Waals surface area contributed by atoms with E-state index >= 15 is 0 Å². The first-order valence-electron chi connectivity index (χ1n) is 5.84. The quantitative estimate of drug-likeness (QED) is 0.552. The number of halogens is 2. The van der Waals surface area contributed by atoms with Crippen molar-refractivity contribution in [1.29, 1.82) is 0 Å². The fraction of sp³-hybridized carbons (Fsp3) is 0. The third-order valence-electron chi connectivity index (χ3n) is 3.00. The lowest BCUT2D eigenvalue weighted by atomic mass is 9.99. The van der Waals surface area contributed by atoms with Crippen LogP contribution in [0.4, 0.5) is 8.78 Å². The third kappa shape index (κ3) is 2.29. The molecule has 0 bridgehead atoms. The summed E-state index contributed by atoms with van der Waals surface area (Å²) in [5.74, 6) is 0. The zero-order valence-corrected chi connectivity index (χ0v) is 10.8. The highest BCUT2D eigenvalue weighted by Gasteiger charge is 2.09. The van der Waals surface area contributed by atoms with Gasteiger partial charge in [0.1, 0.15) is 0 Å². The summed E-state index contributed by atoms with van der Waals surface area (Å²) in [6.07, 6.45) is -0.756. The van der Waals surface area contributed by atoms with Crippen LogP contribution in [0.25, 0.3) is 27.3 Å². The first-order valence-corrected chi connectivity index (χ1v) is 6.72. The number of hydrogen-bond donors (Lipinski definition) is 0. The Morgan fingerprint density at radius 3 is 2.47 bits per heavy atom. The van der Waals surface area contributed by atoms with E-state index in [2.05, 4.69) is 0 Å². The molecule has 0 fully saturated rings.